The molecule has 0 aromatic carbocycles. The first-order valence-corrected chi connectivity index (χ1v) is 44.4. The number of allylic oxidation sites excluding steroid dienone is 28. The molecule has 0 radical (unpaired) electrons. The summed E-state index contributed by atoms with van der Waals surface area (Å²) in [6.07, 6.45) is 95.0. The average molecular weight is 1550 g/mol. The van der Waals surface area contributed by atoms with Crippen molar-refractivity contribution in [3.8, 4) is 0 Å². The number of carbonyl (C=O) groups excluding carboxylic acids is 4. The fraction of sp³-hybridized carbons (Fsp3) is 0.640. The lowest BCUT2D eigenvalue weighted by Crippen LogP contribution is -2.30. The van der Waals surface area contributed by atoms with Crippen molar-refractivity contribution in [2.24, 2.45) is 0 Å². The summed E-state index contributed by atoms with van der Waals surface area (Å²) in [5.74, 6) is -2.41. The average Bonchev–Trinajstić information content (AvgIpc) is 0.903. The van der Waals surface area contributed by atoms with Crippen LogP contribution >= 0.6 is 15.6 Å². The summed E-state index contributed by atoms with van der Waals surface area (Å²) < 4.78 is 68.5. The van der Waals surface area contributed by atoms with Crippen molar-refractivity contribution in [3.05, 3.63) is 170 Å². The van der Waals surface area contributed by atoms with E-state index < -0.39 is 97.5 Å². The molecule has 0 saturated heterocycles. The number of esters is 4. The molecule has 0 heterocycles. The van der Waals surface area contributed by atoms with E-state index in [2.05, 4.69) is 155 Å². The number of unbranched alkanes of at least 4 members (excludes halogenated alkanes) is 22. The van der Waals surface area contributed by atoms with Gasteiger partial charge in [0.25, 0.3) is 0 Å². The smallest absolute Gasteiger partial charge is 0.462 e. The molecule has 108 heavy (non-hydrogen) atoms. The first-order chi connectivity index (χ1) is 52.7. The van der Waals surface area contributed by atoms with Gasteiger partial charge in [-0.2, -0.15) is 0 Å². The number of hydrogen-bond donors (Lipinski definition) is 3. The Kier molecular flexibility index (Phi) is 75.4. The molecule has 0 aliphatic rings. The topological polar surface area (TPSA) is 237 Å². The van der Waals surface area contributed by atoms with Crippen LogP contribution in [0.1, 0.15) is 310 Å². The highest BCUT2D eigenvalue weighted by atomic mass is 31.2. The summed E-state index contributed by atoms with van der Waals surface area (Å²) >= 11 is 0. The largest absolute Gasteiger partial charge is 0.472 e. The fourth-order valence-corrected chi connectivity index (χ4v) is 12.0. The van der Waals surface area contributed by atoms with Gasteiger partial charge in [0.05, 0.1) is 26.4 Å². The second-order valence-electron chi connectivity index (χ2n) is 27.0. The minimum absolute atomic E-state index is 0.0127. The van der Waals surface area contributed by atoms with E-state index in [1.165, 1.54) is 103 Å². The monoisotopic (exact) mass is 1550 g/mol. The SMILES string of the molecule is CC/C=C\C/C=C\C/C=C\C/C=C\C/C=C\C/C=C\CCC(=O)O[C@H](COC(=O)CCC/C=C\C/C=C\C/C=C\C/C=C\CCCCC)COP(=O)(O)OC[C@@H](O)COP(=O)(O)OC[C@@H](COC(=O)CCCCCCCCCCCCCCCCC)OC(=O)CCC/C=C\C/C=C\C/C=C\C/C=C\CCCCC. The molecule has 17 nitrogen and oxygen atoms in total. The predicted molar refractivity (Wildman–Crippen MR) is 445 cm³/mol. The molecule has 5 atom stereocenters. The zero-order chi connectivity index (χ0) is 78.9. The molecule has 0 aliphatic carbocycles. The molecule has 0 aliphatic heterocycles. The number of rotatable bonds is 76. The number of aliphatic hydroxyl groups is 1. The van der Waals surface area contributed by atoms with Crippen LogP contribution in [0.2, 0.25) is 0 Å². The van der Waals surface area contributed by atoms with Gasteiger partial charge >= 0.3 is 39.5 Å². The van der Waals surface area contributed by atoms with E-state index in [0.717, 1.165) is 109 Å². The number of phosphoric ester groups is 2. The first kappa shape index (κ1) is 102. The molecule has 0 spiro atoms. The van der Waals surface area contributed by atoms with Gasteiger partial charge in [-0.3, -0.25) is 37.3 Å². The molecular formula is C89H146O17P2. The highest BCUT2D eigenvalue weighted by Gasteiger charge is 2.30. The van der Waals surface area contributed by atoms with Gasteiger partial charge < -0.3 is 33.8 Å². The lowest BCUT2D eigenvalue weighted by molar-refractivity contribution is -0.161. The highest BCUT2D eigenvalue weighted by Crippen LogP contribution is 2.45. The maximum absolute atomic E-state index is 13.1. The molecule has 2 unspecified atom stereocenters. The van der Waals surface area contributed by atoms with Crippen molar-refractivity contribution < 1.29 is 80.2 Å². The second-order valence-corrected chi connectivity index (χ2v) is 29.9. The maximum atomic E-state index is 13.1. The third kappa shape index (κ3) is 78.5. The van der Waals surface area contributed by atoms with Crippen molar-refractivity contribution in [1.82, 2.24) is 0 Å². The van der Waals surface area contributed by atoms with E-state index in [9.17, 15) is 43.2 Å². The van der Waals surface area contributed by atoms with E-state index in [-0.39, 0.29) is 25.7 Å². The Hall–Kier alpha value is -5.58. The van der Waals surface area contributed by atoms with Gasteiger partial charge in [0, 0.05) is 25.7 Å². The summed E-state index contributed by atoms with van der Waals surface area (Å²) in [5, 5.41) is 10.7. The number of hydrogen-bond acceptors (Lipinski definition) is 15. The van der Waals surface area contributed by atoms with E-state index in [0.29, 0.717) is 44.9 Å². The van der Waals surface area contributed by atoms with Gasteiger partial charge in [-0.05, 0) is 141 Å². The minimum Gasteiger partial charge on any atom is -0.462 e. The van der Waals surface area contributed by atoms with Gasteiger partial charge in [-0.25, -0.2) is 9.13 Å². The Morgan fingerprint density at radius 2 is 0.509 bits per heavy atom. The Labute approximate surface area is 654 Å². The van der Waals surface area contributed by atoms with Crippen LogP contribution in [0.5, 0.6) is 0 Å². The summed E-state index contributed by atoms with van der Waals surface area (Å²) in [7, 11) is -10.0. The number of ether oxygens (including phenoxy) is 4. The zero-order valence-corrected chi connectivity index (χ0v) is 69.0. The molecule has 0 aromatic heterocycles. The van der Waals surface area contributed by atoms with Gasteiger partial charge in [0.2, 0.25) is 0 Å². The summed E-state index contributed by atoms with van der Waals surface area (Å²) in [4.78, 5) is 73.1. The molecule has 0 aromatic rings. The minimum atomic E-state index is -5.02. The standard InChI is InChI=1S/C89H146O17P2/c1-5-9-13-17-21-25-29-33-37-40-41-44-48-52-56-60-64-68-72-76-89(94)106-85(80-100-87(92)74-70-66-62-58-54-50-46-42-38-34-30-26-22-18-14-10-6-2)82-104-108(97,98)102-78-83(90)77-101-107(95,96)103-81-84(79-99-86(91)73-69-65-61-57-53-49-45-36-32-28-24-20-16-12-8-4)105-88(93)75-71-67-63-59-55-51-47-43-39-35-31-27-23-19-15-11-7-3/h9,13,21-23,25-27,33-35,37-39,41,44,46-47,50-52,56,58-59,62-64,68,83-85,90H,5-8,10-12,14-20,24,28-32,36,40,42-43,45,48-49,53-55,57,60-61,65-67,69-82H2,1-4H3,(H,95,96)(H,97,98)/b13-9-,25-21-,26-22-,27-23-,37-33-,38-34-,39-35-,44-41-,50-46-,51-47-,56-52-,62-58-,63-59-,68-64-/t83-,84+,85+/m0/s1. The molecule has 0 saturated carbocycles. The summed E-state index contributed by atoms with van der Waals surface area (Å²) in [6, 6.07) is 0. The van der Waals surface area contributed by atoms with E-state index >= 15 is 0 Å². The van der Waals surface area contributed by atoms with Crippen LogP contribution in [-0.4, -0.2) is 96.7 Å². The number of carbonyl (C=O) groups is 4. The highest BCUT2D eigenvalue weighted by molar-refractivity contribution is 7.47. The molecule has 19 heteroatoms. The van der Waals surface area contributed by atoms with Crippen LogP contribution in [-0.2, 0) is 65.4 Å². The van der Waals surface area contributed by atoms with E-state index in [4.69, 9.17) is 37.0 Å². The van der Waals surface area contributed by atoms with E-state index in [1.54, 1.807) is 0 Å². The Morgan fingerprint density at radius 3 is 0.833 bits per heavy atom. The van der Waals surface area contributed by atoms with Gasteiger partial charge in [-0.1, -0.05) is 313 Å². The number of aliphatic hydroxyl groups excluding tert-OH is 1. The molecule has 0 amide bonds. The maximum Gasteiger partial charge on any atom is 0.472 e. The molecule has 0 bridgehead atoms. The Bertz CT molecular complexity index is 2710. The zero-order valence-electron chi connectivity index (χ0n) is 67.2. The molecule has 614 valence electrons. The third-order valence-corrected chi connectivity index (χ3v) is 18.6. The first-order valence-electron chi connectivity index (χ1n) is 41.4. The van der Waals surface area contributed by atoms with Gasteiger partial charge in [0.15, 0.2) is 12.2 Å². The third-order valence-electron chi connectivity index (χ3n) is 16.7. The van der Waals surface area contributed by atoms with Crippen LogP contribution in [0.15, 0.2) is 170 Å². The van der Waals surface area contributed by atoms with Crippen LogP contribution in [0, 0.1) is 0 Å². The molecule has 3 N–H and O–H groups in total. The lowest BCUT2D eigenvalue weighted by atomic mass is 10.0. The molecule has 0 fully saturated rings. The van der Waals surface area contributed by atoms with Crippen LogP contribution in [0.4, 0.5) is 0 Å². The van der Waals surface area contributed by atoms with Gasteiger partial charge in [-0.15, -0.1) is 0 Å². The molecule has 0 rings (SSSR count). The van der Waals surface area contributed by atoms with Crippen molar-refractivity contribution in [1.29, 1.82) is 0 Å². The quantitative estimate of drug-likeness (QED) is 0.0169. The van der Waals surface area contributed by atoms with Crippen molar-refractivity contribution in [3.63, 3.8) is 0 Å². The van der Waals surface area contributed by atoms with Crippen LogP contribution < -0.4 is 0 Å². The van der Waals surface area contributed by atoms with Crippen LogP contribution in [0.25, 0.3) is 0 Å². The summed E-state index contributed by atoms with van der Waals surface area (Å²) in [5.41, 5.74) is 0. The fourth-order valence-electron chi connectivity index (χ4n) is 10.4. The Morgan fingerprint density at radius 1 is 0.269 bits per heavy atom. The predicted octanol–water partition coefficient (Wildman–Crippen LogP) is 24.6. The van der Waals surface area contributed by atoms with Crippen molar-refractivity contribution in [2.75, 3.05) is 39.6 Å². The Balaban J connectivity index is 5.55. The van der Waals surface area contributed by atoms with Crippen molar-refractivity contribution in [2.45, 2.75) is 329 Å². The van der Waals surface area contributed by atoms with Gasteiger partial charge in [0.1, 0.15) is 19.3 Å². The van der Waals surface area contributed by atoms with Crippen LogP contribution in [0.3, 0.4) is 0 Å². The normalized spacial score (nSPS) is 14.7. The molecular weight excluding hydrogens is 1400 g/mol. The number of phosphoric acid groups is 2. The summed E-state index contributed by atoms with van der Waals surface area (Å²) in [6.45, 7) is 4.50. The van der Waals surface area contributed by atoms with Crippen molar-refractivity contribution >= 4 is 39.5 Å². The van der Waals surface area contributed by atoms with E-state index in [1.807, 2.05) is 42.5 Å². The second kappa shape index (κ2) is 79.5. The lowest BCUT2D eigenvalue weighted by Gasteiger charge is -2.21.